The van der Waals surface area contributed by atoms with E-state index in [0.29, 0.717) is 22.7 Å². The molecule has 2 amide bonds. The fraction of sp³-hybridized carbons (Fsp3) is 0.238. The van der Waals surface area contributed by atoms with Crippen molar-refractivity contribution in [3.63, 3.8) is 0 Å². The van der Waals surface area contributed by atoms with E-state index in [9.17, 15) is 14.4 Å². The molecule has 0 fully saturated rings. The summed E-state index contributed by atoms with van der Waals surface area (Å²) < 4.78 is 10.8. The van der Waals surface area contributed by atoms with Crippen LogP contribution >= 0.6 is 0 Å². The lowest BCUT2D eigenvalue weighted by Crippen LogP contribution is -2.47. The Labute approximate surface area is 167 Å². The molecule has 1 N–H and O–H groups in total. The van der Waals surface area contributed by atoms with Gasteiger partial charge in [-0.15, -0.1) is 0 Å². The number of carbonyl (C=O) groups is 3. The number of para-hydroxylation sites is 2. The maximum absolute atomic E-state index is 12.8. The summed E-state index contributed by atoms with van der Waals surface area (Å²) in [4.78, 5) is 38.3. The van der Waals surface area contributed by atoms with Crippen molar-refractivity contribution in [3.8, 4) is 11.8 Å². The van der Waals surface area contributed by atoms with Crippen LogP contribution in [-0.2, 0) is 19.1 Å². The number of hydrogen-bond donors (Lipinski definition) is 1. The van der Waals surface area contributed by atoms with E-state index in [-0.39, 0.29) is 12.5 Å². The van der Waals surface area contributed by atoms with Crippen LogP contribution in [0.5, 0.6) is 5.75 Å². The van der Waals surface area contributed by atoms with Crippen LogP contribution in [0, 0.1) is 11.3 Å². The predicted molar refractivity (Wildman–Crippen MR) is 104 cm³/mol. The molecule has 0 saturated heterocycles. The van der Waals surface area contributed by atoms with E-state index in [2.05, 4.69) is 5.32 Å². The molecule has 3 rings (SSSR count). The molecule has 0 radical (unpaired) electrons. The second kappa shape index (κ2) is 8.44. The molecular weight excluding hydrogens is 374 g/mol. The Morgan fingerprint density at radius 1 is 1.10 bits per heavy atom. The first kappa shape index (κ1) is 19.9. The largest absolute Gasteiger partial charge is 0.479 e. The molecule has 0 bridgehead atoms. The normalized spacial score (nSPS) is 14.7. The number of amides is 2. The predicted octanol–water partition coefficient (Wildman–Crippen LogP) is 2.24. The number of benzene rings is 2. The average molecular weight is 393 g/mol. The molecule has 0 aliphatic carbocycles. The molecule has 1 aliphatic rings. The summed E-state index contributed by atoms with van der Waals surface area (Å²) in [6, 6.07) is 15.2. The van der Waals surface area contributed by atoms with Gasteiger partial charge in [0.25, 0.3) is 5.91 Å². The zero-order valence-corrected chi connectivity index (χ0v) is 15.9. The molecule has 29 heavy (non-hydrogen) atoms. The van der Waals surface area contributed by atoms with E-state index in [0.717, 1.165) is 0 Å². The number of hydrogen-bond acceptors (Lipinski definition) is 6. The summed E-state index contributed by atoms with van der Waals surface area (Å²) in [5.74, 6) is -1.15. The average Bonchev–Trinajstić information content (AvgIpc) is 2.72. The number of carbonyl (C=O) groups excluding carboxylic acids is 3. The first-order valence-corrected chi connectivity index (χ1v) is 8.96. The molecular formula is C21H19N3O5. The topological polar surface area (TPSA) is 109 Å². The van der Waals surface area contributed by atoms with Gasteiger partial charge in [-0.2, -0.15) is 5.26 Å². The number of esters is 1. The van der Waals surface area contributed by atoms with E-state index < -0.39 is 24.1 Å². The number of fused-ring (bicyclic) bond motifs is 1. The van der Waals surface area contributed by atoms with Gasteiger partial charge in [0, 0.05) is 0 Å². The molecule has 8 nitrogen and oxygen atoms in total. The Morgan fingerprint density at radius 2 is 1.79 bits per heavy atom. The summed E-state index contributed by atoms with van der Waals surface area (Å²) in [6.07, 6.45) is -2.07. The van der Waals surface area contributed by atoms with Gasteiger partial charge in [0.05, 0.1) is 23.0 Å². The lowest BCUT2D eigenvalue weighted by Gasteiger charge is -2.31. The highest BCUT2D eigenvalue weighted by atomic mass is 16.6. The summed E-state index contributed by atoms with van der Waals surface area (Å²) >= 11 is 0. The summed E-state index contributed by atoms with van der Waals surface area (Å²) in [5, 5.41) is 11.5. The standard InChI is InChI=1S/C21H19N3O5/c1-13(20(26)24-12-19(25)23-17-5-3-4-6-18(17)24)29-21(27)14(2)28-16-9-7-15(11-22)8-10-16/h3-10,13-14H,12H2,1-2H3,(H,23,25)/t13-,14-/m1/s1. The maximum atomic E-state index is 12.8. The summed E-state index contributed by atoms with van der Waals surface area (Å²) in [5.41, 5.74) is 1.53. The van der Waals surface area contributed by atoms with Crippen molar-refractivity contribution in [2.24, 2.45) is 0 Å². The first-order valence-electron chi connectivity index (χ1n) is 8.96. The van der Waals surface area contributed by atoms with Crippen molar-refractivity contribution in [2.45, 2.75) is 26.1 Å². The molecule has 148 valence electrons. The highest BCUT2D eigenvalue weighted by Gasteiger charge is 2.32. The van der Waals surface area contributed by atoms with Crippen molar-refractivity contribution in [2.75, 3.05) is 16.8 Å². The van der Waals surface area contributed by atoms with Crippen molar-refractivity contribution < 1.29 is 23.9 Å². The first-order chi connectivity index (χ1) is 13.9. The molecule has 8 heteroatoms. The van der Waals surface area contributed by atoms with Crippen molar-refractivity contribution >= 4 is 29.2 Å². The second-order valence-corrected chi connectivity index (χ2v) is 6.47. The van der Waals surface area contributed by atoms with Gasteiger partial charge in [0.1, 0.15) is 12.3 Å². The van der Waals surface area contributed by atoms with Crippen molar-refractivity contribution in [1.29, 1.82) is 5.26 Å². The Morgan fingerprint density at radius 3 is 2.48 bits per heavy atom. The number of nitrogens with one attached hydrogen (secondary N) is 1. The number of anilines is 2. The zero-order chi connectivity index (χ0) is 21.0. The molecule has 0 unspecified atom stereocenters. The van der Waals surface area contributed by atoms with Crippen LogP contribution in [0.25, 0.3) is 0 Å². The Bertz CT molecular complexity index is 981. The van der Waals surface area contributed by atoms with Crippen LogP contribution in [0.3, 0.4) is 0 Å². The smallest absolute Gasteiger partial charge is 0.347 e. The number of ether oxygens (including phenoxy) is 2. The summed E-state index contributed by atoms with van der Waals surface area (Å²) in [7, 11) is 0. The third-order valence-corrected chi connectivity index (χ3v) is 4.31. The van der Waals surface area contributed by atoms with Crippen molar-refractivity contribution in [1.82, 2.24) is 0 Å². The van der Waals surface area contributed by atoms with Crippen LogP contribution in [0.1, 0.15) is 19.4 Å². The SMILES string of the molecule is C[C@@H](Oc1ccc(C#N)cc1)C(=O)O[C@H](C)C(=O)N1CC(=O)Nc2ccccc21. The number of rotatable bonds is 5. The molecule has 1 aliphatic heterocycles. The van der Waals surface area contributed by atoms with Gasteiger partial charge in [-0.25, -0.2) is 4.79 Å². The zero-order valence-electron chi connectivity index (χ0n) is 15.9. The van der Waals surface area contributed by atoms with E-state index >= 15 is 0 Å². The minimum atomic E-state index is -1.10. The molecule has 2 atom stereocenters. The van der Waals surface area contributed by atoms with Gasteiger partial charge in [0.2, 0.25) is 5.91 Å². The van der Waals surface area contributed by atoms with Gasteiger partial charge in [0.15, 0.2) is 12.2 Å². The molecule has 0 aromatic heterocycles. The monoisotopic (exact) mass is 393 g/mol. The van der Waals surface area contributed by atoms with Crippen LogP contribution in [-0.4, -0.2) is 36.5 Å². The van der Waals surface area contributed by atoms with Crippen molar-refractivity contribution in [3.05, 3.63) is 54.1 Å². The number of nitriles is 1. The van der Waals surface area contributed by atoms with Crippen LogP contribution in [0.15, 0.2) is 48.5 Å². The Balaban J connectivity index is 1.63. The van der Waals surface area contributed by atoms with E-state index in [1.807, 2.05) is 6.07 Å². The van der Waals surface area contributed by atoms with Crippen LogP contribution in [0.4, 0.5) is 11.4 Å². The van der Waals surface area contributed by atoms with Crippen LogP contribution in [0.2, 0.25) is 0 Å². The van der Waals surface area contributed by atoms with E-state index in [1.165, 1.54) is 18.7 Å². The minimum Gasteiger partial charge on any atom is -0.479 e. The van der Waals surface area contributed by atoms with E-state index in [4.69, 9.17) is 14.7 Å². The van der Waals surface area contributed by atoms with Gasteiger partial charge in [-0.3, -0.25) is 14.5 Å². The second-order valence-electron chi connectivity index (χ2n) is 6.47. The molecule has 2 aromatic rings. The molecule has 1 heterocycles. The molecule has 0 saturated carbocycles. The van der Waals surface area contributed by atoms with Gasteiger partial charge < -0.3 is 14.8 Å². The van der Waals surface area contributed by atoms with Gasteiger partial charge >= 0.3 is 5.97 Å². The lowest BCUT2D eigenvalue weighted by atomic mass is 10.1. The maximum Gasteiger partial charge on any atom is 0.347 e. The lowest BCUT2D eigenvalue weighted by molar-refractivity contribution is -0.160. The molecule has 2 aromatic carbocycles. The Hall–Kier alpha value is -3.86. The third kappa shape index (κ3) is 4.52. The van der Waals surface area contributed by atoms with E-state index in [1.54, 1.807) is 48.5 Å². The third-order valence-electron chi connectivity index (χ3n) is 4.31. The fourth-order valence-electron chi connectivity index (χ4n) is 2.83. The highest BCUT2D eigenvalue weighted by Crippen LogP contribution is 2.29. The van der Waals surface area contributed by atoms with Crippen LogP contribution < -0.4 is 15.0 Å². The Kier molecular flexibility index (Phi) is 5.79. The minimum absolute atomic E-state index is 0.158. The summed E-state index contributed by atoms with van der Waals surface area (Å²) in [6.45, 7) is 2.79. The number of nitrogens with zero attached hydrogens (tertiary/aromatic N) is 2. The molecule has 0 spiro atoms. The van der Waals surface area contributed by atoms with Gasteiger partial charge in [-0.1, -0.05) is 12.1 Å². The quantitative estimate of drug-likeness (QED) is 0.781. The highest BCUT2D eigenvalue weighted by molar-refractivity contribution is 6.11. The fourth-order valence-corrected chi connectivity index (χ4v) is 2.83. The van der Waals surface area contributed by atoms with Gasteiger partial charge in [-0.05, 0) is 50.2 Å².